The van der Waals surface area contributed by atoms with Crippen LogP contribution in [0.15, 0.2) is 84.2 Å². The fourth-order valence-corrected chi connectivity index (χ4v) is 5.43. The first-order valence-electron chi connectivity index (χ1n) is 13.6. The van der Waals surface area contributed by atoms with E-state index in [-0.39, 0.29) is 23.3 Å². The maximum absolute atomic E-state index is 12.9. The van der Waals surface area contributed by atoms with Gasteiger partial charge in [-0.05, 0) is 60.0 Å². The number of ether oxygens (including phenoxy) is 1. The number of amides is 3. The van der Waals surface area contributed by atoms with E-state index in [1.54, 1.807) is 41.4 Å². The van der Waals surface area contributed by atoms with E-state index < -0.39 is 12.4 Å². The monoisotopic (exact) mass is 622 g/mol. The highest BCUT2D eigenvalue weighted by atomic mass is 32.2. The van der Waals surface area contributed by atoms with Crippen molar-refractivity contribution in [2.24, 2.45) is 4.99 Å². The van der Waals surface area contributed by atoms with Crippen LogP contribution in [-0.4, -0.2) is 52.9 Å². The van der Waals surface area contributed by atoms with Gasteiger partial charge in [0.2, 0.25) is 5.91 Å². The van der Waals surface area contributed by atoms with Crippen molar-refractivity contribution in [2.75, 3.05) is 35.0 Å². The number of aromatic nitrogens is 2. The smallest absolute Gasteiger partial charge is 0.406 e. The predicted octanol–water partition coefficient (Wildman–Crippen LogP) is 7.30. The Labute approximate surface area is 256 Å². The van der Waals surface area contributed by atoms with Crippen LogP contribution in [0.2, 0.25) is 0 Å². The number of imidazole rings is 1. The van der Waals surface area contributed by atoms with Gasteiger partial charge in [-0.2, -0.15) is 4.99 Å². The van der Waals surface area contributed by atoms with Gasteiger partial charge in [0.05, 0.1) is 23.5 Å². The topological polar surface area (TPSA) is 92.1 Å². The van der Waals surface area contributed by atoms with Gasteiger partial charge in [0.25, 0.3) is 0 Å². The molecule has 1 N–H and O–H groups in total. The molecule has 5 rings (SSSR count). The molecule has 0 saturated carbocycles. The van der Waals surface area contributed by atoms with Crippen LogP contribution < -0.4 is 19.9 Å². The first kappa shape index (κ1) is 30.7. The molecule has 0 unspecified atom stereocenters. The molecule has 0 spiro atoms. The largest absolute Gasteiger partial charge is 0.573 e. The Bertz CT molecular complexity index is 1700. The molecule has 4 aromatic rings. The maximum atomic E-state index is 12.9. The van der Waals surface area contributed by atoms with Gasteiger partial charge in [0.1, 0.15) is 5.75 Å². The zero-order chi connectivity index (χ0) is 31.6. The number of hydrogen-bond donors (Lipinski definition) is 1. The molecular formula is C31H29F3N6O3S. The summed E-state index contributed by atoms with van der Waals surface area (Å²) in [6, 6.07) is 17.7. The Kier molecular flexibility index (Phi) is 8.68. The first-order valence-corrected chi connectivity index (χ1v) is 14.5. The summed E-state index contributed by atoms with van der Waals surface area (Å²) in [5, 5.41) is 3.06. The van der Waals surface area contributed by atoms with Crippen molar-refractivity contribution in [3.63, 3.8) is 0 Å². The van der Waals surface area contributed by atoms with Crippen molar-refractivity contribution in [3.8, 4) is 22.7 Å². The number of nitrogens with zero attached hydrogens (tertiary/aromatic N) is 5. The summed E-state index contributed by atoms with van der Waals surface area (Å²) in [5.41, 5.74) is 5.10. The third-order valence-electron chi connectivity index (χ3n) is 6.74. The molecule has 1 aromatic heterocycles. The van der Waals surface area contributed by atoms with E-state index in [9.17, 15) is 22.8 Å². The molecule has 0 bridgehead atoms. The lowest BCUT2D eigenvalue weighted by atomic mass is 9.99. The number of hydrogen-bond acceptors (Lipinski definition) is 6. The summed E-state index contributed by atoms with van der Waals surface area (Å²) in [4.78, 5) is 37.9. The quantitative estimate of drug-likeness (QED) is 0.233. The number of anilines is 3. The number of nitrogens with one attached hydrogen (secondary N) is 1. The van der Waals surface area contributed by atoms with Crippen molar-refractivity contribution in [2.45, 2.75) is 26.1 Å². The van der Waals surface area contributed by atoms with Crippen LogP contribution in [0.25, 0.3) is 16.9 Å². The van der Waals surface area contributed by atoms with E-state index in [4.69, 9.17) is 0 Å². The zero-order valence-corrected chi connectivity index (χ0v) is 25.1. The van der Waals surface area contributed by atoms with Crippen molar-refractivity contribution >= 4 is 45.9 Å². The van der Waals surface area contributed by atoms with Crippen LogP contribution in [0.4, 0.5) is 35.0 Å². The number of halogens is 3. The number of aliphatic imine (C=N–C) groups is 1. The van der Waals surface area contributed by atoms with Crippen molar-refractivity contribution in [1.82, 2.24) is 9.55 Å². The van der Waals surface area contributed by atoms with Gasteiger partial charge in [-0.3, -0.25) is 9.69 Å². The second-order valence-electron chi connectivity index (χ2n) is 10.4. The van der Waals surface area contributed by atoms with Gasteiger partial charge in [-0.1, -0.05) is 43.8 Å². The molecule has 1 saturated heterocycles. The van der Waals surface area contributed by atoms with Gasteiger partial charge in [-0.25, -0.2) is 9.78 Å². The predicted molar refractivity (Wildman–Crippen MR) is 167 cm³/mol. The summed E-state index contributed by atoms with van der Waals surface area (Å²) < 4.78 is 42.9. The Morgan fingerprint density at radius 3 is 2.41 bits per heavy atom. The Hall–Kier alpha value is -4.78. The van der Waals surface area contributed by atoms with Gasteiger partial charge < -0.3 is 19.5 Å². The second-order valence-corrected chi connectivity index (χ2v) is 11.4. The van der Waals surface area contributed by atoms with Crippen LogP contribution in [0, 0.1) is 0 Å². The molecule has 13 heteroatoms. The first-order chi connectivity index (χ1) is 20.9. The molecule has 44 heavy (non-hydrogen) atoms. The van der Waals surface area contributed by atoms with E-state index >= 15 is 0 Å². The standard InChI is InChI=1S/C31H29F3N6O3S/c1-19(2)25-14-11-23(38(3)4)15-27(25)40-28(41)17-44-30(40)37-29(42)36-21-7-5-20(6-8-21)26-16-39(18-35-26)22-9-12-24(13-10-22)43-31(32,33)34/h5-16,18-19H,17H2,1-4H3,(H,36,42)/b37-30-. The van der Waals surface area contributed by atoms with Crippen LogP contribution in [-0.2, 0) is 4.79 Å². The van der Waals surface area contributed by atoms with E-state index in [1.807, 2.05) is 51.0 Å². The molecular weight excluding hydrogens is 593 g/mol. The molecule has 1 aliphatic heterocycles. The van der Waals surface area contributed by atoms with E-state index in [0.717, 1.165) is 16.8 Å². The third kappa shape index (κ3) is 7.05. The average molecular weight is 623 g/mol. The molecule has 0 aliphatic carbocycles. The molecule has 228 valence electrons. The molecule has 9 nitrogen and oxygen atoms in total. The van der Waals surface area contributed by atoms with Crippen LogP contribution in [0.5, 0.6) is 5.75 Å². The molecule has 2 heterocycles. The molecule has 1 aliphatic rings. The summed E-state index contributed by atoms with van der Waals surface area (Å²) in [6.07, 6.45) is -1.47. The molecule has 0 radical (unpaired) electrons. The van der Waals surface area contributed by atoms with Crippen LogP contribution in [0.3, 0.4) is 0 Å². The highest BCUT2D eigenvalue weighted by Gasteiger charge is 2.33. The maximum Gasteiger partial charge on any atom is 0.573 e. The number of benzene rings is 3. The Morgan fingerprint density at radius 2 is 1.77 bits per heavy atom. The lowest BCUT2D eigenvalue weighted by Crippen LogP contribution is -2.31. The fraction of sp³-hybridized carbons (Fsp3) is 0.226. The summed E-state index contributed by atoms with van der Waals surface area (Å²) in [5.74, 6) is -0.122. The van der Waals surface area contributed by atoms with Crippen molar-refractivity contribution in [3.05, 3.63) is 84.8 Å². The molecule has 3 amide bonds. The lowest BCUT2D eigenvalue weighted by Gasteiger charge is -2.24. The highest BCUT2D eigenvalue weighted by molar-refractivity contribution is 8.15. The van der Waals surface area contributed by atoms with Crippen molar-refractivity contribution < 1.29 is 27.5 Å². The SMILES string of the molecule is CC(C)c1ccc(N(C)C)cc1N1C(=O)CS/C1=N\C(=O)Nc1ccc(-c2cn(-c3ccc(OC(F)(F)F)cc3)cn2)cc1. The van der Waals surface area contributed by atoms with Crippen molar-refractivity contribution in [1.29, 1.82) is 0 Å². The van der Waals surface area contributed by atoms with Gasteiger partial charge in [0, 0.05) is 42.9 Å². The van der Waals surface area contributed by atoms with Crippen LogP contribution >= 0.6 is 11.8 Å². The van der Waals surface area contributed by atoms with Crippen LogP contribution in [0.1, 0.15) is 25.3 Å². The van der Waals surface area contributed by atoms with Gasteiger partial charge in [0.15, 0.2) is 5.17 Å². The fourth-order valence-electron chi connectivity index (χ4n) is 4.57. The van der Waals surface area contributed by atoms with Gasteiger partial charge >= 0.3 is 12.4 Å². The number of carbonyl (C=O) groups excluding carboxylic acids is 2. The summed E-state index contributed by atoms with van der Waals surface area (Å²) in [7, 11) is 3.85. The van der Waals surface area contributed by atoms with E-state index in [1.165, 1.54) is 40.9 Å². The van der Waals surface area contributed by atoms with Gasteiger partial charge in [-0.15, -0.1) is 13.2 Å². The average Bonchev–Trinajstić information content (AvgIpc) is 3.59. The minimum absolute atomic E-state index is 0.145. The molecule has 1 fully saturated rings. The zero-order valence-electron chi connectivity index (χ0n) is 24.3. The Balaban J connectivity index is 1.29. The summed E-state index contributed by atoms with van der Waals surface area (Å²) >= 11 is 1.21. The number of carbonyl (C=O) groups is 2. The number of alkyl halides is 3. The van der Waals surface area contributed by atoms with E-state index in [0.29, 0.717) is 27.9 Å². The number of rotatable bonds is 7. The molecule has 3 aromatic carbocycles. The normalized spacial score (nSPS) is 14.4. The minimum atomic E-state index is -4.76. The number of urea groups is 1. The number of amidine groups is 1. The number of thioether (sulfide) groups is 1. The van der Waals surface area contributed by atoms with E-state index in [2.05, 4.69) is 20.0 Å². The lowest BCUT2D eigenvalue weighted by molar-refractivity contribution is -0.274. The molecule has 0 atom stereocenters. The summed E-state index contributed by atoms with van der Waals surface area (Å²) in [6.45, 7) is 4.10. The third-order valence-corrected chi connectivity index (χ3v) is 7.66. The second kappa shape index (κ2) is 12.4. The highest BCUT2D eigenvalue weighted by Crippen LogP contribution is 2.36. The Morgan fingerprint density at radius 1 is 1.07 bits per heavy atom. The minimum Gasteiger partial charge on any atom is -0.406 e.